The minimum Gasteiger partial charge on any atom is -0.472 e. The van der Waals surface area contributed by atoms with Gasteiger partial charge < -0.3 is 9.84 Å². The van der Waals surface area contributed by atoms with Crippen molar-refractivity contribution in [3.8, 4) is 5.75 Å². The molecule has 1 aromatic carbocycles. The zero-order chi connectivity index (χ0) is 14.9. The van der Waals surface area contributed by atoms with Crippen LogP contribution in [0.25, 0.3) is 0 Å². The average Bonchev–Trinajstić information content (AvgIpc) is 2.90. The Hall–Kier alpha value is -1.06. The van der Waals surface area contributed by atoms with Crippen LogP contribution >= 0.6 is 0 Å². The summed E-state index contributed by atoms with van der Waals surface area (Å²) in [4.78, 5) is 0. The number of fused-ring (bicyclic) bond motifs is 1. The van der Waals surface area contributed by atoms with Crippen molar-refractivity contribution in [3.63, 3.8) is 0 Å². The van der Waals surface area contributed by atoms with Crippen LogP contribution in [-0.4, -0.2) is 17.4 Å². The van der Waals surface area contributed by atoms with Crippen molar-refractivity contribution < 1.29 is 9.84 Å². The van der Waals surface area contributed by atoms with Crippen molar-refractivity contribution in [3.05, 3.63) is 28.8 Å². The summed E-state index contributed by atoms with van der Waals surface area (Å²) in [5, 5.41) is 10.3. The molecule has 1 aliphatic carbocycles. The number of benzene rings is 1. The van der Waals surface area contributed by atoms with Gasteiger partial charge in [-0.1, -0.05) is 26.8 Å². The van der Waals surface area contributed by atoms with Crippen molar-refractivity contribution in [2.75, 3.05) is 0 Å². The highest BCUT2D eigenvalue weighted by Gasteiger charge is 2.27. The third kappa shape index (κ3) is 2.99. The lowest BCUT2D eigenvalue weighted by Crippen LogP contribution is -2.45. The molecule has 3 N–H and O–H groups in total. The molecule has 1 aliphatic rings. The fraction of sp³-hybridized carbons (Fsp3) is 0.647. The molecule has 0 radical (unpaired) electrons. The van der Waals surface area contributed by atoms with Crippen LogP contribution in [0, 0.1) is 18.8 Å². The smallest absolute Gasteiger partial charge is 0.174 e. The van der Waals surface area contributed by atoms with Crippen LogP contribution < -0.4 is 10.5 Å². The van der Waals surface area contributed by atoms with Crippen molar-refractivity contribution in [2.24, 2.45) is 17.6 Å². The molecule has 20 heavy (non-hydrogen) atoms. The summed E-state index contributed by atoms with van der Waals surface area (Å²) in [6.07, 6.45) is 2.04. The Kier molecular flexibility index (Phi) is 4.71. The molecule has 112 valence electrons. The second-order valence-electron chi connectivity index (χ2n) is 6.37. The lowest BCUT2D eigenvalue weighted by molar-refractivity contribution is -0.00812. The molecule has 3 heteroatoms. The Morgan fingerprint density at radius 2 is 1.80 bits per heavy atom. The molecule has 3 unspecified atom stereocenters. The zero-order valence-corrected chi connectivity index (χ0v) is 13.0. The third-order valence-corrected chi connectivity index (χ3v) is 4.67. The molecular weight excluding hydrogens is 250 g/mol. The number of ether oxygens (including phenoxy) is 1. The maximum absolute atomic E-state index is 10.3. The number of rotatable bonds is 5. The Balaban J connectivity index is 2.13. The summed E-state index contributed by atoms with van der Waals surface area (Å²) in [7, 11) is 0. The van der Waals surface area contributed by atoms with E-state index < -0.39 is 12.3 Å². The number of hydrogen-bond acceptors (Lipinski definition) is 3. The maximum Gasteiger partial charge on any atom is 0.174 e. The highest BCUT2D eigenvalue weighted by Crippen LogP contribution is 2.33. The van der Waals surface area contributed by atoms with Gasteiger partial charge in [0.1, 0.15) is 11.9 Å². The Labute approximate surface area is 122 Å². The van der Waals surface area contributed by atoms with Gasteiger partial charge in [-0.15, -0.1) is 0 Å². The molecule has 0 aromatic heterocycles. The lowest BCUT2D eigenvalue weighted by Gasteiger charge is -2.28. The molecule has 1 aromatic rings. The second kappa shape index (κ2) is 6.15. The predicted octanol–water partition coefficient (Wildman–Crippen LogP) is 2.80. The van der Waals surface area contributed by atoms with Gasteiger partial charge in [0.15, 0.2) is 6.23 Å². The Bertz CT molecular complexity index is 470. The summed E-state index contributed by atoms with van der Waals surface area (Å²) in [5.41, 5.74) is 10.1. The fourth-order valence-electron chi connectivity index (χ4n) is 2.87. The van der Waals surface area contributed by atoms with E-state index in [0.717, 1.165) is 18.6 Å². The average molecular weight is 277 g/mol. The van der Waals surface area contributed by atoms with Crippen LogP contribution in [0.4, 0.5) is 0 Å². The summed E-state index contributed by atoms with van der Waals surface area (Å²) in [6, 6.07) is 4.08. The topological polar surface area (TPSA) is 55.5 Å². The van der Waals surface area contributed by atoms with Crippen LogP contribution in [-0.2, 0) is 12.8 Å². The van der Waals surface area contributed by atoms with Gasteiger partial charge in [-0.05, 0) is 60.8 Å². The minimum absolute atomic E-state index is 0.114. The Morgan fingerprint density at radius 3 is 2.45 bits per heavy atom. The molecule has 0 spiro atoms. The van der Waals surface area contributed by atoms with E-state index in [1.54, 1.807) is 0 Å². The molecule has 0 saturated carbocycles. The standard InChI is InChI=1S/C17H27NO2/c1-10(2)12(4)16(19)17(18)20-15-9-8-11(3)13-6-5-7-14(13)15/h8-10,12,16-17,19H,5-7,18H2,1-4H3. The third-order valence-electron chi connectivity index (χ3n) is 4.67. The van der Waals surface area contributed by atoms with Crippen molar-refractivity contribution in [2.45, 2.75) is 59.3 Å². The van der Waals surface area contributed by atoms with Gasteiger partial charge in [-0.2, -0.15) is 0 Å². The van der Waals surface area contributed by atoms with E-state index in [9.17, 15) is 5.11 Å². The van der Waals surface area contributed by atoms with E-state index >= 15 is 0 Å². The van der Waals surface area contributed by atoms with Gasteiger partial charge in [0.2, 0.25) is 0 Å². The highest BCUT2D eigenvalue weighted by atomic mass is 16.5. The summed E-state index contributed by atoms with van der Waals surface area (Å²) < 4.78 is 5.87. The van der Waals surface area contributed by atoms with E-state index in [2.05, 4.69) is 26.8 Å². The number of hydrogen-bond donors (Lipinski definition) is 2. The van der Waals surface area contributed by atoms with Crippen LogP contribution in [0.2, 0.25) is 0 Å². The van der Waals surface area contributed by atoms with E-state index in [1.807, 2.05) is 13.0 Å². The van der Waals surface area contributed by atoms with Gasteiger partial charge in [0, 0.05) is 0 Å². The van der Waals surface area contributed by atoms with Gasteiger partial charge in [0.05, 0.1) is 0 Å². The molecule has 0 saturated heterocycles. The predicted molar refractivity (Wildman–Crippen MR) is 81.8 cm³/mol. The van der Waals surface area contributed by atoms with Gasteiger partial charge >= 0.3 is 0 Å². The molecule has 3 nitrogen and oxygen atoms in total. The van der Waals surface area contributed by atoms with E-state index in [1.165, 1.54) is 23.1 Å². The first-order valence-electron chi connectivity index (χ1n) is 7.63. The molecule has 0 amide bonds. The number of aliphatic hydroxyl groups excluding tert-OH is 1. The van der Waals surface area contributed by atoms with Crippen LogP contribution in [0.1, 0.15) is 43.9 Å². The molecule has 2 rings (SSSR count). The van der Waals surface area contributed by atoms with Gasteiger partial charge in [-0.25, -0.2) is 0 Å². The van der Waals surface area contributed by atoms with Crippen molar-refractivity contribution in [1.29, 1.82) is 0 Å². The summed E-state index contributed by atoms with van der Waals surface area (Å²) in [5.74, 6) is 1.34. The summed E-state index contributed by atoms with van der Waals surface area (Å²) in [6.45, 7) is 8.33. The van der Waals surface area contributed by atoms with E-state index in [0.29, 0.717) is 5.92 Å². The van der Waals surface area contributed by atoms with Crippen molar-refractivity contribution >= 4 is 0 Å². The molecule has 3 atom stereocenters. The van der Waals surface area contributed by atoms with E-state index in [-0.39, 0.29) is 5.92 Å². The van der Waals surface area contributed by atoms with Crippen molar-refractivity contribution in [1.82, 2.24) is 0 Å². The minimum atomic E-state index is -0.667. The van der Waals surface area contributed by atoms with Crippen LogP contribution in [0.15, 0.2) is 12.1 Å². The number of nitrogens with two attached hydrogens (primary N) is 1. The monoisotopic (exact) mass is 277 g/mol. The zero-order valence-electron chi connectivity index (χ0n) is 13.0. The SMILES string of the molecule is Cc1ccc(OC(N)C(O)C(C)C(C)C)c2c1CCC2. The maximum atomic E-state index is 10.3. The first-order chi connectivity index (χ1) is 9.41. The van der Waals surface area contributed by atoms with Gasteiger partial charge in [0.25, 0.3) is 0 Å². The normalized spacial score (nSPS) is 18.8. The lowest BCUT2D eigenvalue weighted by atomic mass is 9.91. The highest BCUT2D eigenvalue weighted by molar-refractivity contribution is 5.47. The first kappa shape index (κ1) is 15.3. The van der Waals surface area contributed by atoms with Gasteiger partial charge in [-0.3, -0.25) is 5.73 Å². The molecule has 0 fully saturated rings. The molecule has 0 aliphatic heterocycles. The quantitative estimate of drug-likeness (QED) is 0.814. The van der Waals surface area contributed by atoms with Crippen LogP contribution in [0.3, 0.4) is 0 Å². The molecule has 0 heterocycles. The first-order valence-corrected chi connectivity index (χ1v) is 7.63. The Morgan fingerprint density at radius 1 is 1.15 bits per heavy atom. The van der Waals surface area contributed by atoms with Crippen LogP contribution in [0.5, 0.6) is 5.75 Å². The number of aryl methyl sites for hydroxylation is 1. The largest absolute Gasteiger partial charge is 0.472 e. The van der Waals surface area contributed by atoms with E-state index in [4.69, 9.17) is 10.5 Å². The fourth-order valence-corrected chi connectivity index (χ4v) is 2.87. The second-order valence-corrected chi connectivity index (χ2v) is 6.37. The molecule has 0 bridgehead atoms. The number of aliphatic hydroxyl groups is 1. The summed E-state index contributed by atoms with van der Waals surface area (Å²) >= 11 is 0. The molecular formula is C17H27NO2.